The van der Waals surface area contributed by atoms with Gasteiger partial charge in [0.1, 0.15) is 11.5 Å². The van der Waals surface area contributed by atoms with Crippen LogP contribution in [0.25, 0.3) is 0 Å². The highest BCUT2D eigenvalue weighted by Gasteiger charge is 2.27. The van der Waals surface area contributed by atoms with Gasteiger partial charge in [-0.1, -0.05) is 32.0 Å². The smallest absolute Gasteiger partial charge is 0.279 e. The van der Waals surface area contributed by atoms with Crippen LogP contribution in [0.2, 0.25) is 0 Å². The first kappa shape index (κ1) is 22.6. The van der Waals surface area contributed by atoms with Crippen molar-refractivity contribution >= 4 is 23.2 Å². The normalized spacial score (nSPS) is 20.6. The van der Waals surface area contributed by atoms with Crippen molar-refractivity contribution in [3.63, 3.8) is 0 Å². The van der Waals surface area contributed by atoms with Gasteiger partial charge in [0, 0.05) is 29.5 Å². The van der Waals surface area contributed by atoms with Crippen LogP contribution in [0.3, 0.4) is 0 Å². The fourth-order valence-electron chi connectivity index (χ4n) is 4.37. The number of anilines is 2. The SMILES string of the molecule is COc1cc(NC(=O)c2ccccc2)c(OC)cc1NC(=O)C[NH+]1C[C@H](C)C[C@H](C)C1. The van der Waals surface area contributed by atoms with Crippen molar-refractivity contribution < 1.29 is 24.0 Å². The summed E-state index contributed by atoms with van der Waals surface area (Å²) in [5, 5.41) is 5.80. The third kappa shape index (κ3) is 5.98. The van der Waals surface area contributed by atoms with Gasteiger partial charge in [-0.2, -0.15) is 0 Å². The summed E-state index contributed by atoms with van der Waals surface area (Å²) >= 11 is 0. The van der Waals surface area contributed by atoms with Crippen molar-refractivity contribution in [2.45, 2.75) is 20.3 Å². The van der Waals surface area contributed by atoms with Crippen LogP contribution in [-0.4, -0.2) is 45.7 Å². The number of nitrogens with one attached hydrogen (secondary N) is 3. The summed E-state index contributed by atoms with van der Waals surface area (Å²) in [6.07, 6.45) is 1.21. The van der Waals surface area contributed by atoms with Crippen LogP contribution in [0.4, 0.5) is 11.4 Å². The Labute approximate surface area is 183 Å². The molecule has 1 unspecified atom stereocenters. The molecule has 3 atom stereocenters. The molecular formula is C24H32N3O4+. The summed E-state index contributed by atoms with van der Waals surface area (Å²) in [5.74, 6) is 1.80. The Morgan fingerprint density at radius 1 is 0.935 bits per heavy atom. The van der Waals surface area contributed by atoms with Crippen LogP contribution in [-0.2, 0) is 4.79 Å². The Bertz CT molecular complexity index is 907. The summed E-state index contributed by atoms with van der Waals surface area (Å²) in [4.78, 5) is 26.5. The van der Waals surface area contributed by atoms with Gasteiger partial charge in [-0.3, -0.25) is 9.59 Å². The molecule has 7 nitrogen and oxygen atoms in total. The van der Waals surface area contributed by atoms with Crippen LogP contribution in [0.5, 0.6) is 11.5 Å². The molecule has 1 aliphatic heterocycles. The second-order valence-corrected chi connectivity index (χ2v) is 8.40. The largest absolute Gasteiger partial charge is 0.494 e. The zero-order valence-electron chi connectivity index (χ0n) is 18.7. The molecular weight excluding hydrogens is 394 g/mol. The lowest BCUT2D eigenvalue weighted by atomic mass is 9.92. The molecule has 1 heterocycles. The highest BCUT2D eigenvalue weighted by molar-refractivity contribution is 6.05. The minimum atomic E-state index is -0.255. The molecule has 2 amide bonds. The average molecular weight is 427 g/mol. The number of rotatable bonds is 7. The first-order valence-corrected chi connectivity index (χ1v) is 10.7. The molecule has 31 heavy (non-hydrogen) atoms. The highest BCUT2D eigenvalue weighted by atomic mass is 16.5. The van der Waals surface area contributed by atoms with Crippen molar-refractivity contribution in [2.75, 3.05) is 44.5 Å². The van der Waals surface area contributed by atoms with E-state index in [1.807, 2.05) is 6.07 Å². The number of likely N-dealkylation sites (tertiary alicyclic amines) is 1. The first-order chi connectivity index (χ1) is 14.9. The van der Waals surface area contributed by atoms with Crippen molar-refractivity contribution in [3.05, 3.63) is 48.0 Å². The number of quaternary nitrogens is 1. The molecule has 0 aliphatic carbocycles. The molecule has 0 spiro atoms. The van der Waals surface area contributed by atoms with Crippen molar-refractivity contribution in [1.82, 2.24) is 0 Å². The van der Waals surface area contributed by atoms with Crippen molar-refractivity contribution in [2.24, 2.45) is 11.8 Å². The number of carbonyl (C=O) groups is 2. The summed E-state index contributed by atoms with van der Waals surface area (Å²) < 4.78 is 10.9. The highest BCUT2D eigenvalue weighted by Crippen LogP contribution is 2.36. The lowest BCUT2D eigenvalue weighted by Gasteiger charge is -2.31. The fourth-order valence-corrected chi connectivity index (χ4v) is 4.37. The molecule has 2 aromatic carbocycles. The fraction of sp³-hybridized carbons (Fsp3) is 0.417. The summed E-state index contributed by atoms with van der Waals surface area (Å²) in [7, 11) is 3.05. The number of ether oxygens (including phenoxy) is 2. The van der Waals surface area contributed by atoms with E-state index in [9.17, 15) is 9.59 Å². The van der Waals surface area contributed by atoms with E-state index in [0.29, 0.717) is 46.8 Å². The van der Waals surface area contributed by atoms with Gasteiger partial charge in [-0.25, -0.2) is 0 Å². The minimum absolute atomic E-state index is 0.0716. The van der Waals surface area contributed by atoms with E-state index in [1.165, 1.54) is 25.5 Å². The Morgan fingerprint density at radius 3 is 2.03 bits per heavy atom. The van der Waals surface area contributed by atoms with Crippen LogP contribution >= 0.6 is 0 Å². The Morgan fingerprint density at radius 2 is 1.48 bits per heavy atom. The molecule has 0 bridgehead atoms. The quantitative estimate of drug-likeness (QED) is 0.635. The lowest BCUT2D eigenvalue weighted by molar-refractivity contribution is -0.904. The van der Waals surface area contributed by atoms with Gasteiger partial charge in [-0.05, 0) is 18.6 Å². The molecule has 3 rings (SSSR count). The molecule has 0 aromatic heterocycles. The maximum atomic E-state index is 12.7. The topological polar surface area (TPSA) is 81.1 Å². The molecule has 7 heteroatoms. The van der Waals surface area contributed by atoms with Crippen LogP contribution in [0.15, 0.2) is 42.5 Å². The number of amides is 2. The van der Waals surface area contributed by atoms with E-state index in [0.717, 1.165) is 13.1 Å². The Balaban J connectivity index is 1.73. The van der Waals surface area contributed by atoms with E-state index in [4.69, 9.17) is 9.47 Å². The molecule has 1 aliphatic rings. The number of carbonyl (C=O) groups excluding carboxylic acids is 2. The van der Waals surface area contributed by atoms with E-state index in [-0.39, 0.29) is 11.8 Å². The molecule has 3 N–H and O–H groups in total. The molecule has 1 saturated heterocycles. The molecule has 0 radical (unpaired) electrons. The van der Waals surface area contributed by atoms with E-state index in [1.54, 1.807) is 36.4 Å². The van der Waals surface area contributed by atoms with Gasteiger partial charge in [0.25, 0.3) is 11.8 Å². The van der Waals surface area contributed by atoms with Crippen LogP contribution in [0, 0.1) is 11.8 Å². The number of benzene rings is 2. The van der Waals surface area contributed by atoms with Gasteiger partial charge in [0.05, 0.1) is 38.7 Å². The van der Waals surface area contributed by atoms with Crippen molar-refractivity contribution in [3.8, 4) is 11.5 Å². The second kappa shape index (κ2) is 10.3. The standard InChI is InChI=1S/C24H31N3O4/c1-16-10-17(2)14-27(13-16)15-23(28)25-19-11-22(31-4)20(12-21(19)30-3)26-24(29)18-8-6-5-7-9-18/h5-9,11-12,16-17H,10,13-15H2,1-4H3,(H,25,28)(H,26,29)/p+1/t16-,17+. The zero-order chi connectivity index (χ0) is 22.4. The van der Waals surface area contributed by atoms with Crippen LogP contribution in [0.1, 0.15) is 30.6 Å². The molecule has 166 valence electrons. The van der Waals surface area contributed by atoms with Gasteiger partial charge in [-0.15, -0.1) is 0 Å². The number of hydrogen-bond donors (Lipinski definition) is 3. The third-order valence-corrected chi connectivity index (χ3v) is 5.57. The van der Waals surface area contributed by atoms with Crippen LogP contribution < -0.4 is 25.0 Å². The predicted octanol–water partition coefficient (Wildman–Crippen LogP) is 2.46. The van der Waals surface area contributed by atoms with Gasteiger partial charge < -0.3 is 25.0 Å². The van der Waals surface area contributed by atoms with Gasteiger partial charge >= 0.3 is 0 Å². The monoisotopic (exact) mass is 426 g/mol. The van der Waals surface area contributed by atoms with E-state index < -0.39 is 0 Å². The Hall–Kier alpha value is -3.06. The van der Waals surface area contributed by atoms with Gasteiger partial charge in [0.2, 0.25) is 0 Å². The summed E-state index contributed by atoms with van der Waals surface area (Å²) in [6.45, 7) is 6.89. The zero-order valence-corrected chi connectivity index (χ0v) is 18.7. The second-order valence-electron chi connectivity index (χ2n) is 8.40. The lowest BCUT2D eigenvalue weighted by Crippen LogP contribution is -3.15. The maximum absolute atomic E-state index is 12.7. The number of hydrogen-bond acceptors (Lipinski definition) is 4. The molecule has 1 fully saturated rings. The third-order valence-electron chi connectivity index (χ3n) is 5.57. The van der Waals surface area contributed by atoms with E-state index >= 15 is 0 Å². The van der Waals surface area contributed by atoms with Gasteiger partial charge in [0.15, 0.2) is 6.54 Å². The Kier molecular flexibility index (Phi) is 7.52. The van der Waals surface area contributed by atoms with E-state index in [2.05, 4.69) is 24.5 Å². The number of piperidine rings is 1. The molecule has 2 aromatic rings. The number of methoxy groups -OCH3 is 2. The minimum Gasteiger partial charge on any atom is -0.494 e. The summed E-state index contributed by atoms with van der Waals surface area (Å²) in [6, 6.07) is 12.3. The summed E-state index contributed by atoms with van der Waals surface area (Å²) in [5.41, 5.74) is 1.52. The first-order valence-electron chi connectivity index (χ1n) is 10.7. The average Bonchev–Trinajstić information content (AvgIpc) is 2.74. The maximum Gasteiger partial charge on any atom is 0.279 e. The molecule has 0 saturated carbocycles. The predicted molar refractivity (Wildman–Crippen MR) is 121 cm³/mol. The van der Waals surface area contributed by atoms with Crippen molar-refractivity contribution in [1.29, 1.82) is 0 Å².